The lowest BCUT2D eigenvalue weighted by Crippen LogP contribution is -1.94. The third-order valence-electron chi connectivity index (χ3n) is 1.24. The largest absolute Gasteiger partial charge is 0.396 e. The molecule has 0 rings (SSSR count). The van der Waals surface area contributed by atoms with Crippen LogP contribution in [0.4, 0.5) is 0 Å². The Hall–Kier alpha value is 0.390. The number of aliphatic hydroxyl groups excluding tert-OH is 1. The highest BCUT2D eigenvalue weighted by Gasteiger charge is 2.14. The number of hydrogen-bond acceptors (Lipinski definition) is 1. The van der Waals surface area contributed by atoms with E-state index in [2.05, 4.69) is 20.0 Å². The highest BCUT2D eigenvalue weighted by Crippen LogP contribution is 2.46. The van der Waals surface area contributed by atoms with Crippen molar-refractivity contribution in [2.24, 2.45) is 0 Å². The molecule has 9 heavy (non-hydrogen) atoms. The summed E-state index contributed by atoms with van der Waals surface area (Å²) >= 11 is 0. The lowest BCUT2D eigenvalue weighted by molar-refractivity contribution is 0.287. The summed E-state index contributed by atoms with van der Waals surface area (Å²) in [6, 6.07) is 0. The highest BCUT2D eigenvalue weighted by atomic mass is 31.2. The Morgan fingerprint density at radius 2 is 1.67 bits per heavy atom. The van der Waals surface area contributed by atoms with Crippen molar-refractivity contribution in [3.8, 4) is 0 Å². The van der Waals surface area contributed by atoms with Crippen molar-refractivity contribution >= 4 is 7.26 Å². The Kier molecular flexibility index (Phi) is 4.43. The molecule has 0 saturated heterocycles. The van der Waals surface area contributed by atoms with Crippen LogP contribution in [0.25, 0.3) is 0 Å². The molecule has 0 radical (unpaired) electrons. The molecule has 1 N–H and O–H groups in total. The third kappa shape index (κ3) is 8.39. The molecule has 0 spiro atoms. The molecule has 2 heteroatoms. The van der Waals surface area contributed by atoms with E-state index in [1.807, 2.05) is 0 Å². The van der Waals surface area contributed by atoms with E-state index >= 15 is 0 Å². The zero-order valence-corrected chi connectivity index (χ0v) is 7.62. The summed E-state index contributed by atoms with van der Waals surface area (Å²) in [5, 5.41) is 8.48. The van der Waals surface area contributed by atoms with Crippen molar-refractivity contribution in [3.05, 3.63) is 0 Å². The Morgan fingerprint density at radius 3 is 2.00 bits per heavy atom. The van der Waals surface area contributed by atoms with Gasteiger partial charge in [0.05, 0.1) is 6.16 Å². The third-order valence-corrected chi connectivity index (χ3v) is 2.89. The Morgan fingerprint density at radius 1 is 1.11 bits per heavy atom. The van der Waals surface area contributed by atoms with Gasteiger partial charge in [0.2, 0.25) is 0 Å². The molecule has 0 atom stereocenters. The summed E-state index contributed by atoms with van der Waals surface area (Å²) < 4.78 is 0. The maximum absolute atomic E-state index is 8.48. The lowest BCUT2D eigenvalue weighted by Gasteiger charge is -2.09. The van der Waals surface area contributed by atoms with Gasteiger partial charge in [-0.2, -0.15) is 0 Å². The number of hydrogen-bond donors (Lipinski definition) is 1. The normalized spacial score (nSPS) is 12.0. The quantitative estimate of drug-likeness (QED) is 0.476. The molecule has 0 aromatic rings. The highest BCUT2D eigenvalue weighted by molar-refractivity contribution is 7.73. The molecule has 0 heterocycles. The van der Waals surface area contributed by atoms with Gasteiger partial charge in [-0.25, -0.2) is 0 Å². The first-order valence-electron chi connectivity index (χ1n) is 3.47. The second-order valence-corrected chi connectivity index (χ2v) is 8.47. The van der Waals surface area contributed by atoms with E-state index < -0.39 is 7.26 Å². The Bertz CT molecular complexity index is 65.8. The summed E-state index contributed by atoms with van der Waals surface area (Å²) in [6.45, 7) is 7.37. The van der Waals surface area contributed by atoms with E-state index in [1.165, 1.54) is 12.6 Å². The molecule has 0 fully saturated rings. The minimum Gasteiger partial charge on any atom is -0.396 e. The van der Waals surface area contributed by atoms with Gasteiger partial charge in [-0.15, -0.1) is 0 Å². The standard InChI is InChI=1S/C7H18OP/c1-9(2,3)7-5-4-6-8/h8H,4-7H2,1-3H3/q+1. The van der Waals surface area contributed by atoms with Gasteiger partial charge in [0.25, 0.3) is 0 Å². The first-order chi connectivity index (χ1) is 4.06. The van der Waals surface area contributed by atoms with Crippen LogP contribution < -0.4 is 0 Å². The van der Waals surface area contributed by atoms with Crippen LogP contribution in [-0.2, 0) is 0 Å². The lowest BCUT2D eigenvalue weighted by atomic mass is 10.4. The van der Waals surface area contributed by atoms with E-state index in [0.29, 0.717) is 6.61 Å². The zero-order chi connectivity index (χ0) is 7.33. The van der Waals surface area contributed by atoms with E-state index in [1.54, 1.807) is 0 Å². The molecule has 0 aliphatic carbocycles. The molecule has 1 nitrogen and oxygen atoms in total. The van der Waals surface area contributed by atoms with Gasteiger partial charge in [-0.05, 0) is 12.8 Å². The smallest absolute Gasteiger partial charge is 0.0587 e. The van der Waals surface area contributed by atoms with Crippen molar-refractivity contribution < 1.29 is 5.11 Å². The molecular formula is C7H18OP+. The fourth-order valence-corrected chi connectivity index (χ4v) is 1.87. The minimum absolute atomic E-state index is 0.361. The van der Waals surface area contributed by atoms with Gasteiger partial charge in [-0.3, -0.25) is 0 Å². The Labute approximate surface area is 58.8 Å². The molecule has 56 valence electrons. The average molecular weight is 149 g/mol. The molecule has 0 bridgehead atoms. The maximum atomic E-state index is 8.48. The predicted molar refractivity (Wildman–Crippen MR) is 45.9 cm³/mol. The van der Waals surface area contributed by atoms with Crippen molar-refractivity contribution in [2.75, 3.05) is 32.8 Å². The predicted octanol–water partition coefficient (Wildman–Crippen LogP) is 1.67. The summed E-state index contributed by atoms with van der Waals surface area (Å²) in [5.74, 6) is 0. The van der Waals surface area contributed by atoms with Gasteiger partial charge in [-0.1, -0.05) is 0 Å². The van der Waals surface area contributed by atoms with Gasteiger partial charge < -0.3 is 5.11 Å². The van der Waals surface area contributed by atoms with Gasteiger partial charge in [0.15, 0.2) is 0 Å². The second-order valence-electron chi connectivity index (χ2n) is 3.44. The average Bonchev–Trinajstić information content (AvgIpc) is 1.63. The maximum Gasteiger partial charge on any atom is 0.0587 e. The van der Waals surface area contributed by atoms with Crippen LogP contribution in [-0.4, -0.2) is 37.9 Å². The molecule has 0 amide bonds. The monoisotopic (exact) mass is 149 g/mol. The molecular weight excluding hydrogens is 131 g/mol. The van der Waals surface area contributed by atoms with Crippen LogP contribution in [0.3, 0.4) is 0 Å². The first kappa shape index (κ1) is 9.39. The van der Waals surface area contributed by atoms with E-state index in [9.17, 15) is 0 Å². The van der Waals surface area contributed by atoms with E-state index in [4.69, 9.17) is 5.11 Å². The molecule has 0 aliphatic rings. The van der Waals surface area contributed by atoms with Crippen molar-refractivity contribution in [2.45, 2.75) is 12.8 Å². The van der Waals surface area contributed by atoms with Crippen molar-refractivity contribution in [1.29, 1.82) is 0 Å². The van der Waals surface area contributed by atoms with Crippen LogP contribution in [0.5, 0.6) is 0 Å². The number of aliphatic hydroxyl groups is 1. The SMILES string of the molecule is C[P+](C)(C)CCCCO. The van der Waals surface area contributed by atoms with Gasteiger partial charge >= 0.3 is 0 Å². The van der Waals surface area contributed by atoms with Gasteiger partial charge in [0, 0.05) is 33.9 Å². The molecule has 0 aromatic carbocycles. The van der Waals surface area contributed by atoms with Crippen molar-refractivity contribution in [3.63, 3.8) is 0 Å². The number of unbranched alkanes of at least 4 members (excludes halogenated alkanes) is 1. The molecule has 0 aliphatic heterocycles. The summed E-state index contributed by atoms with van der Waals surface area (Å²) in [6.07, 6.45) is 3.51. The topological polar surface area (TPSA) is 20.2 Å². The van der Waals surface area contributed by atoms with Crippen LogP contribution in [0.1, 0.15) is 12.8 Å². The second kappa shape index (κ2) is 4.24. The summed E-state index contributed by atoms with van der Waals surface area (Å²) in [4.78, 5) is 0. The molecule has 0 saturated carbocycles. The molecule has 0 unspecified atom stereocenters. The first-order valence-corrected chi connectivity index (χ1v) is 6.79. The van der Waals surface area contributed by atoms with Crippen LogP contribution in [0, 0.1) is 0 Å². The Balaban J connectivity index is 3.07. The minimum atomic E-state index is -0.557. The van der Waals surface area contributed by atoms with E-state index in [0.717, 1.165) is 6.42 Å². The fraction of sp³-hybridized carbons (Fsp3) is 1.00. The number of rotatable bonds is 4. The van der Waals surface area contributed by atoms with E-state index in [-0.39, 0.29) is 0 Å². The zero-order valence-electron chi connectivity index (χ0n) is 6.72. The van der Waals surface area contributed by atoms with Gasteiger partial charge in [0.1, 0.15) is 0 Å². The summed E-state index contributed by atoms with van der Waals surface area (Å²) in [5.41, 5.74) is 0. The van der Waals surface area contributed by atoms with Crippen LogP contribution >= 0.6 is 7.26 Å². The fourth-order valence-electron chi connectivity index (χ4n) is 0.698. The van der Waals surface area contributed by atoms with Crippen LogP contribution in [0.2, 0.25) is 0 Å². The molecule has 0 aromatic heterocycles. The van der Waals surface area contributed by atoms with Crippen molar-refractivity contribution in [1.82, 2.24) is 0 Å². The van der Waals surface area contributed by atoms with Crippen LogP contribution in [0.15, 0.2) is 0 Å². The summed E-state index contributed by atoms with van der Waals surface area (Å²) in [7, 11) is -0.557.